The van der Waals surface area contributed by atoms with Crippen molar-refractivity contribution in [3.05, 3.63) is 59.6 Å². The van der Waals surface area contributed by atoms with Gasteiger partial charge in [0.25, 0.3) is 5.89 Å². The number of benzene rings is 2. The van der Waals surface area contributed by atoms with E-state index in [0.717, 1.165) is 17.0 Å². The molecule has 2 aromatic carbocycles. The molecule has 2 aliphatic heterocycles. The van der Waals surface area contributed by atoms with Crippen LogP contribution in [0.1, 0.15) is 17.3 Å². The fourth-order valence-corrected chi connectivity index (χ4v) is 6.00. The summed E-state index contributed by atoms with van der Waals surface area (Å²) in [6.07, 6.45) is -4.82. The number of ether oxygens (including phenoxy) is 1. The van der Waals surface area contributed by atoms with Crippen molar-refractivity contribution in [2.24, 2.45) is 11.5 Å². The van der Waals surface area contributed by atoms with Crippen molar-refractivity contribution < 1.29 is 44.6 Å². The summed E-state index contributed by atoms with van der Waals surface area (Å²) in [6.45, 7) is -0.0232. The Balaban J connectivity index is 1.37. The topological polar surface area (TPSA) is 194 Å². The van der Waals surface area contributed by atoms with E-state index in [1.807, 2.05) is 0 Å². The third-order valence-corrected chi connectivity index (χ3v) is 8.49. The lowest BCUT2D eigenvalue weighted by atomic mass is 9.99. The molecule has 0 spiro atoms. The van der Waals surface area contributed by atoms with E-state index >= 15 is 4.39 Å². The fourth-order valence-electron chi connectivity index (χ4n) is 4.43. The largest absolute Gasteiger partial charge is 0.471 e. The van der Waals surface area contributed by atoms with E-state index in [4.69, 9.17) is 20.7 Å². The Kier molecular flexibility index (Phi) is 6.41. The van der Waals surface area contributed by atoms with E-state index < -0.39 is 55.9 Å². The minimum atomic E-state index is -4.82. The Bertz CT molecular complexity index is 1800. The normalized spacial score (nSPS) is 19.7. The summed E-state index contributed by atoms with van der Waals surface area (Å²) in [6, 6.07) is 6.12. The van der Waals surface area contributed by atoms with Crippen LogP contribution in [0.15, 0.2) is 50.3 Å². The van der Waals surface area contributed by atoms with Gasteiger partial charge in [-0.15, -0.1) is 0 Å². The van der Waals surface area contributed by atoms with Crippen LogP contribution in [0.5, 0.6) is 0 Å². The number of hydrogen-bond acceptors (Lipinski definition) is 12. The summed E-state index contributed by atoms with van der Waals surface area (Å²) in [5.74, 6) is -4.60. The number of halogens is 4. The maximum absolute atomic E-state index is 15.3. The number of carbonyl (C=O) groups is 1. The first-order chi connectivity index (χ1) is 19.7. The third kappa shape index (κ3) is 4.81. The Labute approximate surface area is 233 Å². The Morgan fingerprint density at radius 3 is 2.36 bits per heavy atom. The maximum Gasteiger partial charge on any atom is 0.471 e. The molecular weight excluding hydrogens is 590 g/mol. The van der Waals surface area contributed by atoms with Gasteiger partial charge in [0.05, 0.1) is 47.7 Å². The van der Waals surface area contributed by atoms with Gasteiger partial charge in [0.15, 0.2) is 9.84 Å². The number of anilines is 1. The van der Waals surface area contributed by atoms with E-state index in [2.05, 4.69) is 24.8 Å². The maximum atomic E-state index is 15.3. The first-order valence-electron chi connectivity index (χ1n) is 12.1. The lowest BCUT2D eigenvalue weighted by Crippen LogP contribution is -2.54. The van der Waals surface area contributed by atoms with E-state index in [1.165, 1.54) is 24.3 Å². The molecule has 0 aliphatic carbocycles. The molecule has 4 heterocycles. The number of fused-ring (bicyclic) bond motifs is 1. The number of rotatable bonds is 5. The van der Waals surface area contributed by atoms with Crippen LogP contribution >= 0.6 is 0 Å². The Morgan fingerprint density at radius 2 is 1.74 bits per heavy atom. The van der Waals surface area contributed by atoms with E-state index in [-0.39, 0.29) is 54.1 Å². The molecule has 2 aromatic heterocycles. The van der Waals surface area contributed by atoms with Crippen molar-refractivity contribution in [1.82, 2.24) is 20.3 Å². The second-order valence-electron chi connectivity index (χ2n) is 9.80. The molecule has 6 rings (SSSR count). The van der Waals surface area contributed by atoms with Crippen LogP contribution in [0.3, 0.4) is 0 Å². The van der Waals surface area contributed by atoms with Gasteiger partial charge in [-0.25, -0.2) is 12.8 Å². The smallest absolute Gasteiger partial charge is 0.376 e. The molecule has 0 unspecified atom stereocenters. The molecule has 1 fully saturated rings. The molecule has 1 amide bonds. The SMILES string of the molecule is N[C@H]1CS(=O)(=O)c2cc(F)c(-c3noc(C4(N)COC4)n3)cc2N(Cc2ccc(-c3noc(C(F)(F)F)n3)cc2)C1=O. The molecule has 1 saturated heterocycles. The number of hydrogen-bond donors (Lipinski definition) is 2. The average Bonchev–Trinajstić information content (AvgIpc) is 3.60. The molecule has 4 N–H and O–H groups in total. The van der Waals surface area contributed by atoms with Gasteiger partial charge in [0, 0.05) is 5.56 Å². The van der Waals surface area contributed by atoms with Crippen LogP contribution in [-0.2, 0) is 37.6 Å². The predicted octanol–water partition coefficient (Wildman–Crippen LogP) is 1.78. The lowest BCUT2D eigenvalue weighted by molar-refractivity contribution is -0.159. The number of aromatic nitrogens is 4. The van der Waals surface area contributed by atoms with Crippen LogP contribution in [0.25, 0.3) is 22.8 Å². The molecule has 220 valence electrons. The van der Waals surface area contributed by atoms with Crippen molar-refractivity contribution in [1.29, 1.82) is 0 Å². The number of nitrogens with zero attached hydrogens (tertiary/aromatic N) is 5. The second-order valence-corrected chi connectivity index (χ2v) is 11.8. The zero-order valence-corrected chi connectivity index (χ0v) is 21.9. The van der Waals surface area contributed by atoms with Crippen molar-refractivity contribution in [3.8, 4) is 22.8 Å². The van der Waals surface area contributed by atoms with Gasteiger partial charge >= 0.3 is 12.1 Å². The van der Waals surface area contributed by atoms with Gasteiger partial charge in [-0.1, -0.05) is 34.6 Å². The fraction of sp³-hybridized carbons (Fsp3) is 0.292. The number of carbonyl (C=O) groups excluding carboxylic acids is 1. The van der Waals surface area contributed by atoms with Gasteiger partial charge in [-0.2, -0.15) is 23.1 Å². The van der Waals surface area contributed by atoms with Gasteiger partial charge < -0.3 is 30.2 Å². The van der Waals surface area contributed by atoms with E-state index in [9.17, 15) is 26.4 Å². The summed E-state index contributed by atoms with van der Waals surface area (Å²) in [4.78, 5) is 21.4. The van der Waals surface area contributed by atoms with Crippen LogP contribution in [0.4, 0.5) is 23.2 Å². The molecule has 18 heteroatoms. The van der Waals surface area contributed by atoms with Crippen LogP contribution in [-0.4, -0.2) is 59.6 Å². The number of nitrogens with two attached hydrogens (primary N) is 2. The minimum Gasteiger partial charge on any atom is -0.376 e. The van der Waals surface area contributed by atoms with Gasteiger partial charge in [0.1, 0.15) is 11.4 Å². The second kappa shape index (κ2) is 9.65. The summed E-state index contributed by atoms with van der Waals surface area (Å²) in [5.41, 5.74) is 11.2. The highest BCUT2D eigenvalue weighted by molar-refractivity contribution is 7.91. The number of alkyl halides is 3. The van der Waals surface area contributed by atoms with Crippen LogP contribution in [0, 0.1) is 5.82 Å². The van der Waals surface area contributed by atoms with Crippen molar-refractivity contribution in [2.45, 2.75) is 29.2 Å². The molecule has 0 radical (unpaired) electrons. The summed E-state index contributed by atoms with van der Waals surface area (Å²) in [7, 11) is -4.22. The molecule has 0 saturated carbocycles. The molecule has 0 bridgehead atoms. The third-order valence-electron chi connectivity index (χ3n) is 6.69. The standard InChI is InChI=1S/C24H19F4N7O6S/c25-14-6-17-16(5-13(14)19-32-21(40-34-19)23(30)9-39-10-23)35(20(36)15(29)8-42(17,37)38)7-11-1-3-12(4-2-11)18-31-22(41-33-18)24(26,27)28/h1-6,15H,7-10,29-30H2/t15-/m0/s1. The first kappa shape index (κ1) is 27.9. The Hall–Kier alpha value is -4.26. The van der Waals surface area contributed by atoms with Crippen molar-refractivity contribution >= 4 is 21.4 Å². The number of amides is 1. The highest BCUT2D eigenvalue weighted by Crippen LogP contribution is 2.37. The molecule has 1 atom stereocenters. The molecule has 13 nitrogen and oxygen atoms in total. The van der Waals surface area contributed by atoms with Gasteiger partial charge in [-0.3, -0.25) is 4.79 Å². The van der Waals surface area contributed by atoms with Crippen LogP contribution in [0.2, 0.25) is 0 Å². The summed E-state index contributed by atoms with van der Waals surface area (Å²) < 4.78 is 94.5. The zero-order valence-electron chi connectivity index (χ0n) is 21.1. The Morgan fingerprint density at radius 1 is 1.05 bits per heavy atom. The predicted molar refractivity (Wildman–Crippen MR) is 132 cm³/mol. The van der Waals surface area contributed by atoms with E-state index in [0.29, 0.717) is 5.56 Å². The van der Waals surface area contributed by atoms with Crippen molar-refractivity contribution in [3.63, 3.8) is 0 Å². The zero-order chi connectivity index (χ0) is 30.0. The van der Waals surface area contributed by atoms with Gasteiger partial charge in [-0.05, 0) is 17.7 Å². The molecular formula is C24H19F4N7O6S. The quantitative estimate of drug-likeness (QED) is 0.312. The first-order valence-corrected chi connectivity index (χ1v) is 13.7. The monoisotopic (exact) mass is 609 g/mol. The van der Waals surface area contributed by atoms with Crippen LogP contribution < -0.4 is 16.4 Å². The highest BCUT2D eigenvalue weighted by atomic mass is 32.2. The molecule has 4 aromatic rings. The molecule has 42 heavy (non-hydrogen) atoms. The van der Waals surface area contributed by atoms with Gasteiger partial charge in [0.2, 0.25) is 17.6 Å². The minimum absolute atomic E-state index is 0.00952. The number of sulfone groups is 1. The average molecular weight is 610 g/mol. The summed E-state index contributed by atoms with van der Waals surface area (Å²) >= 11 is 0. The highest BCUT2D eigenvalue weighted by Gasteiger charge is 2.43. The summed E-state index contributed by atoms with van der Waals surface area (Å²) in [5, 5.41) is 7.10. The van der Waals surface area contributed by atoms with E-state index in [1.54, 1.807) is 0 Å². The molecule has 2 aliphatic rings. The van der Waals surface area contributed by atoms with Crippen molar-refractivity contribution in [2.75, 3.05) is 23.9 Å². The lowest BCUT2D eigenvalue weighted by Gasteiger charge is -2.33.